The number of nitrogens with zero attached hydrogens (tertiary/aromatic N) is 4. The van der Waals surface area contributed by atoms with Gasteiger partial charge < -0.3 is 25.0 Å². The second-order valence-corrected chi connectivity index (χ2v) is 10.9. The number of fused-ring (bicyclic) bond motifs is 5. The predicted octanol–water partition coefficient (Wildman–Crippen LogP) is 4.71. The number of likely N-dealkylation sites (tertiary alicyclic amines) is 1. The number of hydrogen-bond donors (Lipinski definition) is 2. The number of benzene rings is 3. The first-order chi connectivity index (χ1) is 18.5. The quantitative estimate of drug-likeness (QED) is 0.401. The third-order valence-corrected chi connectivity index (χ3v) is 8.60. The van der Waals surface area contributed by atoms with E-state index in [-0.39, 0.29) is 17.3 Å². The van der Waals surface area contributed by atoms with Crippen LogP contribution in [0.2, 0.25) is 0 Å². The van der Waals surface area contributed by atoms with E-state index in [1.807, 2.05) is 30.3 Å². The van der Waals surface area contributed by atoms with Gasteiger partial charge in [-0.15, -0.1) is 0 Å². The zero-order valence-electron chi connectivity index (χ0n) is 21.5. The summed E-state index contributed by atoms with van der Waals surface area (Å²) < 4.78 is 22.6. The van der Waals surface area contributed by atoms with Crippen molar-refractivity contribution in [3.8, 4) is 22.9 Å². The van der Waals surface area contributed by atoms with Crippen LogP contribution in [0.15, 0.2) is 48.5 Å². The van der Waals surface area contributed by atoms with Gasteiger partial charge in [-0.3, -0.25) is 0 Å². The number of phenolic OH excluding ortho intramolecular Hbond substituents is 1. The van der Waals surface area contributed by atoms with Crippen LogP contribution in [0.1, 0.15) is 25.7 Å². The fourth-order valence-corrected chi connectivity index (χ4v) is 6.46. The van der Waals surface area contributed by atoms with Crippen molar-refractivity contribution in [2.24, 2.45) is 0 Å². The second kappa shape index (κ2) is 9.36. The Morgan fingerprint density at radius 3 is 2.71 bits per heavy atom. The highest BCUT2D eigenvalue weighted by atomic mass is 19.1. The molecule has 8 rings (SSSR count). The lowest BCUT2D eigenvalue weighted by Gasteiger charge is -2.46. The lowest BCUT2D eigenvalue weighted by Crippen LogP contribution is -2.61. The standard InChI is InChI=1S/C30H32FN5O2/c1-35-12-4-6-21(35)17-38-30-33-28-25(29(34-30)36-16-19-8-9-20(36)15-32-19)11-10-24(27(28)31)26-14-22(37)13-18-5-2-3-7-23(18)26/h2-3,5,7,10-11,13-14,19-21,32,37H,4,6,8-9,12,15-17H2,1H3/t19?,20?,21-/m0/s1. The number of rotatable bonds is 5. The Bertz CT molecular complexity index is 1520. The zero-order chi connectivity index (χ0) is 25.8. The lowest BCUT2D eigenvalue weighted by molar-refractivity contribution is 0.188. The molecule has 4 aliphatic heterocycles. The van der Waals surface area contributed by atoms with Crippen molar-refractivity contribution in [3.63, 3.8) is 0 Å². The minimum atomic E-state index is -0.426. The molecule has 7 nitrogen and oxygen atoms in total. The van der Waals surface area contributed by atoms with E-state index in [0.717, 1.165) is 61.9 Å². The highest BCUT2D eigenvalue weighted by Gasteiger charge is 2.36. The molecular formula is C30H32FN5O2. The molecule has 2 unspecified atom stereocenters. The molecule has 0 spiro atoms. The van der Waals surface area contributed by atoms with Crippen molar-refractivity contribution >= 4 is 27.5 Å². The van der Waals surface area contributed by atoms with Gasteiger partial charge in [0.05, 0.1) is 0 Å². The first-order valence-corrected chi connectivity index (χ1v) is 13.6. The average Bonchev–Trinajstić information content (AvgIpc) is 3.36. The SMILES string of the molecule is CN1CCC[C@H]1COc1nc(N2CC3CCC2CN3)c2ccc(-c3cc(O)cc4ccccc34)c(F)c2n1. The van der Waals surface area contributed by atoms with Crippen LogP contribution in [0.4, 0.5) is 10.2 Å². The van der Waals surface area contributed by atoms with Crippen LogP contribution in [-0.2, 0) is 0 Å². The third kappa shape index (κ3) is 4.03. The summed E-state index contributed by atoms with van der Waals surface area (Å²) in [5.41, 5.74) is 1.29. The van der Waals surface area contributed by atoms with E-state index < -0.39 is 5.82 Å². The Morgan fingerprint density at radius 2 is 1.95 bits per heavy atom. The fraction of sp³-hybridized carbons (Fsp3) is 0.400. The van der Waals surface area contributed by atoms with Crippen LogP contribution in [0.3, 0.4) is 0 Å². The topological polar surface area (TPSA) is 73.8 Å². The van der Waals surface area contributed by atoms with E-state index in [9.17, 15) is 5.11 Å². The molecule has 4 aliphatic rings. The number of ether oxygens (including phenoxy) is 1. The zero-order valence-corrected chi connectivity index (χ0v) is 21.5. The van der Waals surface area contributed by atoms with E-state index >= 15 is 4.39 Å². The van der Waals surface area contributed by atoms with Crippen LogP contribution >= 0.6 is 0 Å². The lowest BCUT2D eigenvalue weighted by atomic mass is 9.92. The molecule has 3 atom stereocenters. The number of aromatic nitrogens is 2. The molecule has 38 heavy (non-hydrogen) atoms. The van der Waals surface area contributed by atoms with Crippen molar-refractivity contribution < 1.29 is 14.2 Å². The number of piperazine rings is 1. The van der Waals surface area contributed by atoms with E-state index in [1.54, 1.807) is 18.2 Å². The smallest absolute Gasteiger partial charge is 0.319 e. The summed E-state index contributed by atoms with van der Waals surface area (Å²) in [4.78, 5) is 14.1. The molecule has 1 aromatic heterocycles. The van der Waals surface area contributed by atoms with Crippen molar-refractivity contribution in [3.05, 3.63) is 54.3 Å². The molecule has 4 aromatic rings. The predicted molar refractivity (Wildman–Crippen MR) is 147 cm³/mol. The summed E-state index contributed by atoms with van der Waals surface area (Å²) in [6.45, 7) is 3.27. The summed E-state index contributed by atoms with van der Waals surface area (Å²) in [5, 5.41) is 16.4. The monoisotopic (exact) mass is 513 g/mol. The molecule has 196 valence electrons. The maximum absolute atomic E-state index is 16.5. The summed E-state index contributed by atoms with van der Waals surface area (Å²) in [5.74, 6) is 0.417. The molecule has 8 heteroatoms. The summed E-state index contributed by atoms with van der Waals surface area (Å²) in [7, 11) is 2.11. The second-order valence-electron chi connectivity index (χ2n) is 10.9. The van der Waals surface area contributed by atoms with Crippen LogP contribution in [0, 0.1) is 5.82 Å². The minimum absolute atomic E-state index is 0.100. The molecule has 2 bridgehead atoms. The van der Waals surface area contributed by atoms with Crippen molar-refractivity contribution in [1.29, 1.82) is 0 Å². The molecule has 4 fully saturated rings. The van der Waals surface area contributed by atoms with Gasteiger partial charge in [-0.25, -0.2) is 4.39 Å². The Labute approximate surface area is 221 Å². The van der Waals surface area contributed by atoms with Gasteiger partial charge >= 0.3 is 6.01 Å². The van der Waals surface area contributed by atoms with Gasteiger partial charge in [-0.1, -0.05) is 30.3 Å². The first kappa shape index (κ1) is 23.6. The Balaban J connectivity index is 1.37. The maximum atomic E-state index is 16.5. The maximum Gasteiger partial charge on any atom is 0.319 e. The van der Waals surface area contributed by atoms with Crippen molar-refractivity contribution in [2.75, 3.05) is 38.2 Å². The summed E-state index contributed by atoms with van der Waals surface area (Å²) in [6.07, 6.45) is 4.45. The largest absolute Gasteiger partial charge is 0.508 e. The minimum Gasteiger partial charge on any atom is -0.508 e. The van der Waals surface area contributed by atoms with Gasteiger partial charge in [-0.2, -0.15) is 9.97 Å². The molecule has 0 saturated carbocycles. The van der Waals surface area contributed by atoms with Crippen LogP contribution < -0.4 is 15.0 Å². The van der Waals surface area contributed by atoms with E-state index in [0.29, 0.717) is 41.2 Å². The highest BCUT2D eigenvalue weighted by Crippen LogP contribution is 2.39. The molecule has 3 aromatic carbocycles. The van der Waals surface area contributed by atoms with E-state index in [2.05, 4.69) is 27.1 Å². The Hall–Kier alpha value is -3.49. The molecule has 5 heterocycles. The van der Waals surface area contributed by atoms with Crippen LogP contribution in [-0.4, -0.2) is 71.4 Å². The molecule has 0 radical (unpaired) electrons. The molecular weight excluding hydrogens is 481 g/mol. The summed E-state index contributed by atoms with van der Waals surface area (Å²) >= 11 is 0. The number of likely N-dealkylation sites (N-methyl/N-ethyl adjacent to an activating group) is 1. The highest BCUT2D eigenvalue weighted by molar-refractivity contribution is 6.01. The Kier molecular flexibility index (Phi) is 5.82. The molecule has 2 N–H and O–H groups in total. The number of aromatic hydroxyl groups is 1. The number of nitrogens with one attached hydrogen (secondary N) is 1. The first-order valence-electron chi connectivity index (χ1n) is 13.6. The van der Waals surface area contributed by atoms with Crippen LogP contribution in [0.25, 0.3) is 32.8 Å². The molecule has 4 saturated heterocycles. The number of anilines is 1. The van der Waals surface area contributed by atoms with E-state index in [1.165, 1.54) is 0 Å². The Morgan fingerprint density at radius 1 is 1.05 bits per heavy atom. The van der Waals surface area contributed by atoms with Crippen LogP contribution in [0.5, 0.6) is 11.8 Å². The number of halogens is 1. The van der Waals surface area contributed by atoms with E-state index in [4.69, 9.17) is 9.72 Å². The molecule has 0 amide bonds. The number of piperidine rings is 2. The average molecular weight is 514 g/mol. The fourth-order valence-electron chi connectivity index (χ4n) is 6.46. The number of phenols is 1. The van der Waals surface area contributed by atoms with Gasteiger partial charge in [0.15, 0.2) is 5.82 Å². The van der Waals surface area contributed by atoms with Gasteiger partial charge in [0.2, 0.25) is 0 Å². The van der Waals surface area contributed by atoms with Gasteiger partial charge in [0.1, 0.15) is 23.7 Å². The van der Waals surface area contributed by atoms with Crippen molar-refractivity contribution in [2.45, 2.75) is 43.8 Å². The van der Waals surface area contributed by atoms with Crippen molar-refractivity contribution in [1.82, 2.24) is 20.2 Å². The van der Waals surface area contributed by atoms with Gasteiger partial charge in [0, 0.05) is 42.2 Å². The number of hydrogen-bond acceptors (Lipinski definition) is 7. The van der Waals surface area contributed by atoms with Gasteiger partial charge in [0.25, 0.3) is 0 Å². The third-order valence-electron chi connectivity index (χ3n) is 8.60. The van der Waals surface area contributed by atoms with Gasteiger partial charge in [-0.05, 0) is 73.8 Å². The summed E-state index contributed by atoms with van der Waals surface area (Å²) in [6, 6.07) is 16.0. The normalized spacial score (nSPS) is 23.5. The molecule has 0 aliphatic carbocycles.